The van der Waals surface area contributed by atoms with Crippen molar-refractivity contribution in [3.63, 3.8) is 0 Å². The van der Waals surface area contributed by atoms with Crippen LogP contribution in [0, 0.1) is 12.7 Å². The van der Waals surface area contributed by atoms with E-state index in [1.165, 1.54) is 6.20 Å². The minimum Gasteiger partial charge on any atom is -0.480 e. The number of hydrogen-bond donors (Lipinski definition) is 1. The molecule has 9 heteroatoms. The van der Waals surface area contributed by atoms with E-state index in [1.54, 1.807) is 0 Å². The van der Waals surface area contributed by atoms with Crippen LogP contribution in [-0.4, -0.2) is 57.2 Å². The summed E-state index contributed by atoms with van der Waals surface area (Å²) in [7, 11) is 0. The van der Waals surface area contributed by atoms with E-state index in [4.69, 9.17) is 9.47 Å². The summed E-state index contributed by atoms with van der Waals surface area (Å²) in [5, 5.41) is 2.79. The smallest absolute Gasteiger partial charge is 0.263 e. The van der Waals surface area contributed by atoms with Crippen LogP contribution in [0.1, 0.15) is 42.6 Å². The van der Waals surface area contributed by atoms with E-state index in [0.29, 0.717) is 60.4 Å². The SMILES string of the molecule is Cc1ccc2ncc(F)c(CCN(Cc3ccc4c(n3)NC(=O)CO4)C34CCC(CC3)OC4)c2n1. The Balaban J connectivity index is 1.31. The summed E-state index contributed by atoms with van der Waals surface area (Å²) < 4.78 is 26.6. The molecule has 3 aromatic rings. The van der Waals surface area contributed by atoms with Crippen LogP contribution in [0.3, 0.4) is 0 Å². The van der Waals surface area contributed by atoms with Crippen molar-refractivity contribution in [2.24, 2.45) is 0 Å². The number of carbonyl (C=O) groups is 1. The number of nitrogens with zero attached hydrogens (tertiary/aromatic N) is 4. The molecule has 0 radical (unpaired) electrons. The second kappa shape index (κ2) is 8.80. The third-order valence-corrected chi connectivity index (χ3v) is 7.54. The Kier molecular flexibility index (Phi) is 5.61. The Morgan fingerprint density at radius 1 is 1.20 bits per heavy atom. The van der Waals surface area contributed by atoms with Crippen molar-refractivity contribution in [1.82, 2.24) is 19.9 Å². The number of ether oxygens (including phenoxy) is 2. The maximum Gasteiger partial charge on any atom is 0.263 e. The van der Waals surface area contributed by atoms with Crippen LogP contribution in [0.15, 0.2) is 30.5 Å². The van der Waals surface area contributed by atoms with E-state index in [2.05, 4.69) is 25.2 Å². The predicted octanol–water partition coefficient (Wildman–Crippen LogP) is 3.56. The van der Waals surface area contributed by atoms with Gasteiger partial charge in [0.05, 0.1) is 35.6 Å². The fourth-order valence-electron chi connectivity index (χ4n) is 5.57. The van der Waals surface area contributed by atoms with Gasteiger partial charge in [0.15, 0.2) is 18.2 Å². The molecule has 0 unspecified atom stereocenters. The zero-order valence-electron chi connectivity index (χ0n) is 19.7. The van der Waals surface area contributed by atoms with Crippen LogP contribution in [0.5, 0.6) is 5.75 Å². The molecule has 3 fully saturated rings. The van der Waals surface area contributed by atoms with Crippen LogP contribution in [-0.2, 0) is 22.5 Å². The molecule has 8 nitrogen and oxygen atoms in total. The first-order valence-electron chi connectivity index (χ1n) is 12.2. The molecule has 182 valence electrons. The molecule has 7 rings (SSSR count). The number of hydrogen-bond acceptors (Lipinski definition) is 7. The van der Waals surface area contributed by atoms with E-state index >= 15 is 0 Å². The van der Waals surface area contributed by atoms with Gasteiger partial charge in [-0.3, -0.25) is 19.7 Å². The fourth-order valence-corrected chi connectivity index (χ4v) is 5.57. The van der Waals surface area contributed by atoms with Gasteiger partial charge >= 0.3 is 0 Å². The average molecular weight is 478 g/mol. The summed E-state index contributed by atoms with van der Waals surface area (Å²) in [5.41, 5.74) is 3.45. The molecule has 1 aliphatic carbocycles. The standard InChI is InChI=1S/C26H28FN5O3/c1-16-2-4-21-24(29-16)19(20(27)12-28-21)8-11-32(26-9-6-18(7-10-26)35-15-26)13-17-3-5-22-25(30-17)31-23(33)14-34-22/h2-5,12,18H,6-11,13-15H2,1H3,(H,30,31,33). The van der Waals surface area contributed by atoms with Gasteiger partial charge in [-0.25, -0.2) is 9.37 Å². The Hall–Kier alpha value is -3.17. The molecule has 0 aromatic carbocycles. The van der Waals surface area contributed by atoms with Gasteiger partial charge in [-0.15, -0.1) is 0 Å². The number of aryl methyl sites for hydroxylation is 1. The lowest BCUT2D eigenvalue weighted by Gasteiger charge is -2.52. The van der Waals surface area contributed by atoms with Crippen molar-refractivity contribution in [3.05, 3.63) is 53.2 Å². The molecule has 35 heavy (non-hydrogen) atoms. The fraction of sp³-hybridized carbons (Fsp3) is 0.462. The molecule has 1 saturated carbocycles. The van der Waals surface area contributed by atoms with Gasteiger partial charge in [0.2, 0.25) is 0 Å². The number of fused-ring (bicyclic) bond motifs is 5. The van der Waals surface area contributed by atoms with Crippen molar-refractivity contribution in [2.75, 3.05) is 25.1 Å². The Morgan fingerprint density at radius 3 is 2.86 bits per heavy atom. The first-order valence-corrected chi connectivity index (χ1v) is 12.2. The van der Waals surface area contributed by atoms with Crippen molar-refractivity contribution >= 4 is 22.8 Å². The summed E-state index contributed by atoms with van der Waals surface area (Å²) in [5.74, 6) is 0.486. The van der Waals surface area contributed by atoms with Crippen LogP contribution in [0.25, 0.3) is 11.0 Å². The van der Waals surface area contributed by atoms with Gasteiger partial charge in [0.1, 0.15) is 5.82 Å². The molecule has 1 amide bonds. The highest BCUT2D eigenvalue weighted by Crippen LogP contribution is 2.41. The molecule has 0 atom stereocenters. The zero-order chi connectivity index (χ0) is 24.0. The second-order valence-corrected chi connectivity index (χ2v) is 9.80. The number of nitrogens with one attached hydrogen (secondary N) is 1. The highest BCUT2D eigenvalue weighted by Gasteiger charge is 2.45. The molecule has 4 aliphatic rings. The third-order valence-electron chi connectivity index (χ3n) is 7.54. The number of amides is 1. The Labute approximate surface area is 202 Å². The molecule has 0 spiro atoms. The number of anilines is 1. The highest BCUT2D eigenvalue weighted by atomic mass is 19.1. The lowest BCUT2D eigenvalue weighted by atomic mass is 9.76. The van der Waals surface area contributed by atoms with Gasteiger partial charge < -0.3 is 14.8 Å². The van der Waals surface area contributed by atoms with Crippen molar-refractivity contribution in [2.45, 2.75) is 57.2 Å². The number of pyridine rings is 3. The predicted molar refractivity (Wildman–Crippen MR) is 128 cm³/mol. The van der Waals surface area contributed by atoms with Crippen molar-refractivity contribution < 1.29 is 18.7 Å². The quantitative estimate of drug-likeness (QED) is 0.581. The number of rotatable bonds is 6. The molecule has 6 heterocycles. The van der Waals surface area contributed by atoms with Crippen LogP contribution in [0.4, 0.5) is 10.2 Å². The maximum atomic E-state index is 15.0. The third kappa shape index (κ3) is 4.23. The molecule has 2 saturated heterocycles. The van der Waals surface area contributed by atoms with Crippen molar-refractivity contribution in [3.8, 4) is 5.75 Å². The van der Waals surface area contributed by atoms with Crippen LogP contribution in [0.2, 0.25) is 0 Å². The van der Waals surface area contributed by atoms with E-state index in [0.717, 1.165) is 37.1 Å². The van der Waals surface area contributed by atoms with Crippen LogP contribution >= 0.6 is 0 Å². The Bertz CT molecular complexity index is 1270. The van der Waals surface area contributed by atoms with E-state index in [9.17, 15) is 9.18 Å². The molecule has 3 aromatic heterocycles. The average Bonchev–Trinajstić information content (AvgIpc) is 2.88. The maximum absolute atomic E-state index is 15.0. The van der Waals surface area contributed by atoms with Gasteiger partial charge in [-0.05, 0) is 63.3 Å². The first kappa shape index (κ1) is 22.3. The molecule has 1 N–H and O–H groups in total. The van der Waals surface area contributed by atoms with Gasteiger partial charge in [-0.2, -0.15) is 0 Å². The van der Waals surface area contributed by atoms with Gasteiger partial charge in [0.25, 0.3) is 5.91 Å². The summed E-state index contributed by atoms with van der Waals surface area (Å²) in [6.45, 7) is 3.76. The molecule has 2 bridgehead atoms. The minimum atomic E-state index is -0.330. The Morgan fingerprint density at radius 2 is 2.06 bits per heavy atom. The zero-order valence-corrected chi connectivity index (χ0v) is 19.7. The summed E-state index contributed by atoms with van der Waals surface area (Å²) in [4.78, 5) is 27.7. The van der Waals surface area contributed by atoms with E-state index in [1.807, 2.05) is 31.2 Å². The normalized spacial score (nSPS) is 23.3. The number of aromatic nitrogens is 3. The monoisotopic (exact) mass is 477 g/mol. The van der Waals surface area contributed by atoms with Crippen LogP contribution < -0.4 is 10.1 Å². The summed E-state index contributed by atoms with van der Waals surface area (Å²) >= 11 is 0. The first-order chi connectivity index (χ1) is 17.0. The lowest BCUT2D eigenvalue weighted by Crippen LogP contribution is -2.59. The van der Waals surface area contributed by atoms with Gasteiger partial charge in [-0.1, -0.05) is 0 Å². The number of carbonyl (C=O) groups excluding carboxylic acids is 1. The van der Waals surface area contributed by atoms with Gasteiger partial charge in [0, 0.05) is 29.9 Å². The minimum absolute atomic E-state index is 0.000726. The summed E-state index contributed by atoms with van der Waals surface area (Å²) in [6, 6.07) is 7.57. The molecular formula is C26H28FN5O3. The van der Waals surface area contributed by atoms with Crippen molar-refractivity contribution in [1.29, 1.82) is 0 Å². The van der Waals surface area contributed by atoms with E-state index in [-0.39, 0.29) is 23.9 Å². The molecular weight excluding hydrogens is 449 g/mol. The highest BCUT2D eigenvalue weighted by molar-refractivity contribution is 5.94. The number of halogens is 1. The summed E-state index contributed by atoms with van der Waals surface area (Å²) in [6.07, 6.45) is 6.29. The largest absolute Gasteiger partial charge is 0.480 e. The lowest BCUT2D eigenvalue weighted by molar-refractivity contribution is -0.138. The topological polar surface area (TPSA) is 89.5 Å². The second-order valence-electron chi connectivity index (χ2n) is 9.80. The van der Waals surface area contributed by atoms with E-state index < -0.39 is 0 Å². The molecule has 3 aliphatic heterocycles.